The molecule has 2 amide bonds. The molecule has 54 heavy (non-hydrogen) atoms. The number of carbonyl (C=O) groups excluding carboxylic acids is 2. The molecule has 0 aliphatic carbocycles. The van der Waals surface area contributed by atoms with Gasteiger partial charge in [0.15, 0.2) is 0 Å². The topological polar surface area (TPSA) is 267 Å². The molecule has 0 radical (unpaired) electrons. The van der Waals surface area contributed by atoms with Crippen LogP contribution in [0.15, 0.2) is 141 Å². The summed E-state index contributed by atoms with van der Waals surface area (Å²) in [5.41, 5.74) is 10.7. The highest BCUT2D eigenvalue weighted by Gasteiger charge is 2.23. The Bertz CT molecular complexity index is 2430. The van der Waals surface area contributed by atoms with E-state index in [2.05, 4.69) is 40.6 Å². The minimum Gasteiger partial charge on any atom is -0.299 e. The summed E-state index contributed by atoms with van der Waals surface area (Å²) in [6.45, 7) is 0. The zero-order valence-corrected chi connectivity index (χ0v) is 30.7. The summed E-state index contributed by atoms with van der Waals surface area (Å²) in [5.74, 6) is 0. The Balaban J connectivity index is 1.29. The van der Waals surface area contributed by atoms with Gasteiger partial charge in [-0.25, -0.2) is 33.7 Å². The van der Waals surface area contributed by atoms with Crippen LogP contribution in [0.25, 0.3) is 0 Å². The smallest absolute Gasteiger partial charge is 0.261 e. The second-order valence-corrected chi connectivity index (χ2v) is 17.6. The number of nitrogens with one attached hydrogen (secondary N) is 8. The summed E-state index contributed by atoms with van der Waals surface area (Å²) in [4.78, 5) is 19.4. The molecular weight excluding hydrogens is 785 g/mol. The maximum absolute atomic E-state index is 13.3. The van der Waals surface area contributed by atoms with Gasteiger partial charge in [-0.15, -0.1) is 0 Å². The maximum Gasteiger partial charge on any atom is 0.261 e. The molecule has 0 atom stereocenters. The van der Waals surface area contributed by atoms with Crippen molar-refractivity contribution in [3.8, 4) is 0 Å². The second-order valence-electron chi connectivity index (χ2n) is 10.9. The van der Waals surface area contributed by atoms with Crippen molar-refractivity contribution in [2.75, 3.05) is 29.7 Å². The van der Waals surface area contributed by atoms with E-state index in [0.29, 0.717) is 24.2 Å². The van der Waals surface area contributed by atoms with Gasteiger partial charge in [0.1, 0.15) is 0 Å². The lowest BCUT2D eigenvalue weighted by Gasteiger charge is -2.13. The first-order valence-corrected chi connectivity index (χ1v) is 21.1. The third-order valence-electron chi connectivity index (χ3n) is 7.04. The van der Waals surface area contributed by atoms with Crippen molar-refractivity contribution in [2.24, 2.45) is 0 Å². The van der Waals surface area contributed by atoms with Gasteiger partial charge in [0, 0.05) is 11.4 Å². The number of hydrazine groups is 2. The molecular formula is C32H30N8O10S4. The summed E-state index contributed by atoms with van der Waals surface area (Å²) >= 11 is 0. The van der Waals surface area contributed by atoms with Crippen LogP contribution in [0.5, 0.6) is 0 Å². The van der Waals surface area contributed by atoms with E-state index in [1.807, 2.05) is 0 Å². The zero-order chi connectivity index (χ0) is 39.0. The van der Waals surface area contributed by atoms with E-state index in [1.54, 1.807) is 0 Å². The Kier molecular flexibility index (Phi) is 11.6. The van der Waals surface area contributed by atoms with Gasteiger partial charge in [0.2, 0.25) is 12.8 Å². The molecule has 0 bridgehead atoms. The van der Waals surface area contributed by atoms with Gasteiger partial charge in [-0.3, -0.25) is 50.2 Å². The lowest BCUT2D eigenvalue weighted by Crippen LogP contribution is -2.19. The van der Waals surface area contributed by atoms with Crippen molar-refractivity contribution >= 4 is 87.0 Å². The van der Waals surface area contributed by atoms with E-state index >= 15 is 0 Å². The van der Waals surface area contributed by atoms with E-state index in [9.17, 15) is 43.3 Å². The third-order valence-corrected chi connectivity index (χ3v) is 12.6. The number of amides is 2. The second kappa shape index (κ2) is 16.1. The summed E-state index contributed by atoms with van der Waals surface area (Å²) < 4.78 is 115. The molecule has 0 heterocycles. The lowest BCUT2D eigenvalue weighted by atomic mass is 10.3. The van der Waals surface area contributed by atoms with E-state index in [-0.39, 0.29) is 32.5 Å². The highest BCUT2D eigenvalue weighted by atomic mass is 32.2. The highest BCUT2D eigenvalue weighted by molar-refractivity contribution is 7.94. The van der Waals surface area contributed by atoms with Crippen LogP contribution in [0.3, 0.4) is 0 Å². The Morgan fingerprint density at radius 1 is 0.333 bits per heavy atom. The van der Waals surface area contributed by atoms with Gasteiger partial charge in [-0.05, 0) is 103 Å². The molecule has 0 aliphatic heterocycles. The van der Waals surface area contributed by atoms with E-state index < -0.39 is 49.9 Å². The fraction of sp³-hybridized carbons (Fsp3) is 0. The summed E-state index contributed by atoms with van der Waals surface area (Å²) in [7, 11) is -17.3. The van der Waals surface area contributed by atoms with Crippen molar-refractivity contribution in [1.82, 2.24) is 10.9 Å². The van der Waals surface area contributed by atoms with E-state index in [4.69, 9.17) is 0 Å². The fourth-order valence-corrected chi connectivity index (χ4v) is 9.06. The number of benzene rings is 5. The molecule has 0 saturated carbocycles. The molecule has 0 aromatic heterocycles. The van der Waals surface area contributed by atoms with Crippen molar-refractivity contribution < 1.29 is 43.3 Å². The largest absolute Gasteiger partial charge is 0.299 e. The lowest BCUT2D eigenvalue weighted by molar-refractivity contribution is -0.109. The minimum atomic E-state index is -4.47. The predicted octanol–water partition coefficient (Wildman–Crippen LogP) is 3.04. The average Bonchev–Trinajstić information content (AvgIpc) is 3.14. The first-order valence-electron chi connectivity index (χ1n) is 15.1. The molecule has 282 valence electrons. The SMILES string of the molecule is O=CNNc1ccc(NS(=O)(=O)c2cccc(NS(=O)(=O)c3cccc(S(=O)(=O)Nc4cccc(S(=O)(=O)Nc5ccc(NNC=O)cc5)c4)c3)c2)cc1. The first-order chi connectivity index (χ1) is 25.6. The van der Waals surface area contributed by atoms with E-state index in [0.717, 1.165) is 30.3 Å². The average molecular weight is 815 g/mol. The number of hydrogen-bond acceptors (Lipinski definition) is 12. The third kappa shape index (κ3) is 9.94. The minimum absolute atomic E-state index is 0.141. The van der Waals surface area contributed by atoms with E-state index in [1.165, 1.54) is 91.0 Å². The molecule has 18 nitrogen and oxygen atoms in total. The Morgan fingerprint density at radius 2 is 0.611 bits per heavy atom. The highest BCUT2D eigenvalue weighted by Crippen LogP contribution is 2.26. The van der Waals surface area contributed by atoms with Crippen LogP contribution in [-0.2, 0) is 49.7 Å². The number of rotatable bonds is 18. The van der Waals surface area contributed by atoms with Crippen LogP contribution in [-0.4, -0.2) is 46.5 Å². The van der Waals surface area contributed by atoms with Gasteiger partial charge < -0.3 is 0 Å². The number of anilines is 6. The molecule has 0 spiro atoms. The molecule has 0 fully saturated rings. The van der Waals surface area contributed by atoms with Crippen molar-refractivity contribution in [3.63, 3.8) is 0 Å². The predicted molar refractivity (Wildman–Crippen MR) is 201 cm³/mol. The zero-order valence-electron chi connectivity index (χ0n) is 27.4. The maximum atomic E-state index is 13.3. The molecule has 0 saturated heterocycles. The summed E-state index contributed by atoms with van der Waals surface area (Å²) in [6, 6.07) is 25.9. The summed E-state index contributed by atoms with van der Waals surface area (Å²) in [5, 5.41) is 0. The number of hydrogen-bond donors (Lipinski definition) is 8. The molecule has 5 rings (SSSR count). The van der Waals surface area contributed by atoms with Crippen LogP contribution in [0, 0.1) is 0 Å². The Hall–Kier alpha value is -6.36. The van der Waals surface area contributed by atoms with Crippen LogP contribution in [0.4, 0.5) is 34.1 Å². The van der Waals surface area contributed by atoms with Crippen LogP contribution in [0.2, 0.25) is 0 Å². The molecule has 8 N–H and O–H groups in total. The molecule has 5 aromatic rings. The normalized spacial score (nSPS) is 11.7. The fourth-order valence-electron chi connectivity index (χ4n) is 4.59. The van der Waals surface area contributed by atoms with Crippen LogP contribution in [0.1, 0.15) is 0 Å². The van der Waals surface area contributed by atoms with Gasteiger partial charge in [0.25, 0.3) is 40.1 Å². The Morgan fingerprint density at radius 3 is 0.944 bits per heavy atom. The van der Waals surface area contributed by atoms with Gasteiger partial charge in [0.05, 0.1) is 42.3 Å². The van der Waals surface area contributed by atoms with Gasteiger partial charge >= 0.3 is 0 Å². The quantitative estimate of drug-likeness (QED) is 0.0469. The molecule has 22 heteroatoms. The molecule has 0 aliphatic rings. The van der Waals surface area contributed by atoms with Crippen molar-refractivity contribution in [3.05, 3.63) is 121 Å². The standard InChI is InChI=1S/C32H30N8O10S4/c41-21-33-35-23-10-14-25(15-11-23)37-51(43,44)29-6-1-4-27(18-29)39-53(47,48)31-8-3-9-32(20-31)54(49,50)40-28-5-2-7-30(19-28)52(45,46)38-26-16-12-24(13-17-26)36-34-22-42/h1-22,35-40H,(H,33,41)(H,34,42). The van der Waals surface area contributed by atoms with Crippen molar-refractivity contribution in [2.45, 2.75) is 19.6 Å². The van der Waals surface area contributed by atoms with Crippen molar-refractivity contribution in [1.29, 1.82) is 0 Å². The monoisotopic (exact) mass is 814 g/mol. The number of sulfonamides is 4. The van der Waals surface area contributed by atoms with Crippen LogP contribution < -0.4 is 40.6 Å². The van der Waals surface area contributed by atoms with Gasteiger partial charge in [-0.2, -0.15) is 0 Å². The number of carbonyl (C=O) groups is 2. The Labute approximate surface area is 310 Å². The van der Waals surface area contributed by atoms with Gasteiger partial charge in [-0.1, -0.05) is 18.2 Å². The summed E-state index contributed by atoms with van der Waals surface area (Å²) in [6.07, 6.45) is 0.847. The van der Waals surface area contributed by atoms with Crippen LogP contribution >= 0.6 is 0 Å². The first kappa shape index (κ1) is 38.9. The molecule has 5 aromatic carbocycles. The molecule has 0 unspecified atom stereocenters.